The number of para-hydroxylation sites is 2. The summed E-state index contributed by atoms with van der Waals surface area (Å²) in [5, 5.41) is 0.115. The monoisotopic (exact) mass is 538 g/mol. The summed E-state index contributed by atoms with van der Waals surface area (Å²) in [4.78, 5) is 31.1. The number of hydrogen-bond donors (Lipinski definition) is 0. The molecule has 4 aromatic rings. The molecule has 0 radical (unpaired) electrons. The van der Waals surface area contributed by atoms with Crippen LogP contribution >= 0.6 is 28.1 Å². The molecule has 0 aromatic heterocycles. The molecule has 0 atom stereocenters. The molecular formula is C29H19BrN2O2S. The molecule has 2 amide bonds. The smallest absolute Gasteiger partial charge is 0.268 e. The number of amides is 2. The highest BCUT2D eigenvalue weighted by atomic mass is 79.9. The second kappa shape index (κ2) is 9.78. The van der Waals surface area contributed by atoms with Gasteiger partial charge in [0.25, 0.3) is 11.8 Å². The molecule has 0 bridgehead atoms. The Morgan fingerprint density at radius 1 is 0.571 bits per heavy atom. The van der Waals surface area contributed by atoms with Crippen molar-refractivity contribution in [2.24, 2.45) is 0 Å². The molecule has 35 heavy (non-hydrogen) atoms. The lowest BCUT2D eigenvalue weighted by atomic mass is 9.90. The van der Waals surface area contributed by atoms with Gasteiger partial charge in [-0.15, -0.1) is 0 Å². The fraction of sp³-hybridized carbons (Fsp3) is 0. The van der Waals surface area contributed by atoms with E-state index in [1.807, 2.05) is 115 Å². The van der Waals surface area contributed by atoms with E-state index in [-0.39, 0.29) is 10.7 Å². The standard InChI is InChI=1S/C29H19BrN2O2S/c30-22-18-16-21(17-19-22)25(20-10-4-1-5-11-20)26-27(33)31(23-12-6-2-7-13-23)29(35)32(28(26)34)24-14-8-3-9-15-24/h1-19H. The number of carbonyl (C=O) groups is 2. The molecule has 4 aromatic carbocycles. The number of hydrogen-bond acceptors (Lipinski definition) is 3. The maximum atomic E-state index is 14.1. The van der Waals surface area contributed by atoms with Crippen molar-refractivity contribution in [3.63, 3.8) is 0 Å². The number of nitrogens with zero attached hydrogens (tertiary/aromatic N) is 2. The molecule has 0 spiro atoms. The lowest BCUT2D eigenvalue weighted by molar-refractivity contribution is -0.120. The Balaban J connectivity index is 1.81. The van der Waals surface area contributed by atoms with E-state index in [1.54, 1.807) is 0 Å². The van der Waals surface area contributed by atoms with Crippen LogP contribution < -0.4 is 9.80 Å². The van der Waals surface area contributed by atoms with Crippen LogP contribution in [0.4, 0.5) is 11.4 Å². The molecule has 0 unspecified atom stereocenters. The van der Waals surface area contributed by atoms with Crippen LogP contribution in [0.3, 0.4) is 0 Å². The van der Waals surface area contributed by atoms with Gasteiger partial charge in [0, 0.05) is 10.0 Å². The van der Waals surface area contributed by atoms with Gasteiger partial charge in [-0.25, -0.2) is 0 Å². The molecule has 1 heterocycles. The summed E-state index contributed by atoms with van der Waals surface area (Å²) in [7, 11) is 0. The van der Waals surface area contributed by atoms with Crippen LogP contribution in [0.15, 0.2) is 125 Å². The highest BCUT2D eigenvalue weighted by molar-refractivity contribution is 9.10. The number of anilines is 2. The summed E-state index contributed by atoms with van der Waals surface area (Å²) in [5.41, 5.74) is 3.32. The zero-order valence-corrected chi connectivity index (χ0v) is 20.9. The Morgan fingerprint density at radius 3 is 1.43 bits per heavy atom. The van der Waals surface area contributed by atoms with Crippen molar-refractivity contribution in [1.82, 2.24) is 0 Å². The number of benzene rings is 4. The van der Waals surface area contributed by atoms with Crippen molar-refractivity contribution in [3.8, 4) is 0 Å². The Morgan fingerprint density at radius 2 is 0.971 bits per heavy atom. The molecule has 170 valence electrons. The van der Waals surface area contributed by atoms with E-state index >= 15 is 0 Å². The quantitative estimate of drug-likeness (QED) is 0.166. The molecule has 0 N–H and O–H groups in total. The fourth-order valence-electron chi connectivity index (χ4n) is 4.09. The van der Waals surface area contributed by atoms with Gasteiger partial charge in [-0.3, -0.25) is 19.4 Å². The van der Waals surface area contributed by atoms with Crippen LogP contribution in [0.1, 0.15) is 11.1 Å². The lowest BCUT2D eigenvalue weighted by Crippen LogP contribution is -2.57. The fourth-order valence-corrected chi connectivity index (χ4v) is 4.73. The third kappa shape index (κ3) is 4.34. The first kappa shape index (κ1) is 22.9. The Labute approximate surface area is 217 Å². The van der Waals surface area contributed by atoms with E-state index in [0.717, 1.165) is 15.6 Å². The van der Waals surface area contributed by atoms with Gasteiger partial charge in [0.1, 0.15) is 5.57 Å². The number of rotatable bonds is 4. The molecule has 5 rings (SSSR count). The first-order chi connectivity index (χ1) is 17.1. The summed E-state index contributed by atoms with van der Waals surface area (Å²) in [6.45, 7) is 0. The Kier molecular flexibility index (Phi) is 6.40. The summed E-state index contributed by atoms with van der Waals surface area (Å²) >= 11 is 9.21. The number of carbonyl (C=O) groups excluding carboxylic acids is 2. The van der Waals surface area contributed by atoms with Gasteiger partial charge >= 0.3 is 0 Å². The van der Waals surface area contributed by atoms with Gasteiger partial charge in [0.2, 0.25) is 0 Å². The second-order valence-electron chi connectivity index (χ2n) is 7.86. The summed E-state index contributed by atoms with van der Waals surface area (Å²) < 4.78 is 0.901. The second-order valence-corrected chi connectivity index (χ2v) is 9.14. The van der Waals surface area contributed by atoms with Crippen LogP contribution in [-0.4, -0.2) is 16.9 Å². The van der Waals surface area contributed by atoms with Crippen molar-refractivity contribution >= 4 is 62.0 Å². The van der Waals surface area contributed by atoms with Crippen molar-refractivity contribution in [2.75, 3.05) is 9.80 Å². The van der Waals surface area contributed by atoms with Gasteiger partial charge in [-0.05, 0) is 59.7 Å². The van der Waals surface area contributed by atoms with E-state index < -0.39 is 11.8 Å². The first-order valence-electron chi connectivity index (χ1n) is 10.9. The van der Waals surface area contributed by atoms with E-state index in [4.69, 9.17) is 12.2 Å². The third-order valence-electron chi connectivity index (χ3n) is 5.69. The lowest BCUT2D eigenvalue weighted by Gasteiger charge is -2.37. The van der Waals surface area contributed by atoms with Crippen molar-refractivity contribution < 1.29 is 9.59 Å². The summed E-state index contributed by atoms with van der Waals surface area (Å²) in [6, 6.07) is 35.4. The predicted octanol–water partition coefficient (Wildman–Crippen LogP) is 6.62. The zero-order chi connectivity index (χ0) is 24.4. The van der Waals surface area contributed by atoms with Crippen LogP contribution in [0.2, 0.25) is 0 Å². The largest absolute Gasteiger partial charge is 0.270 e. The van der Waals surface area contributed by atoms with E-state index in [2.05, 4.69) is 15.9 Å². The third-order valence-corrected chi connectivity index (χ3v) is 6.58. The SMILES string of the molecule is O=C1C(=C(c2ccccc2)c2ccc(Br)cc2)C(=O)N(c2ccccc2)C(=S)N1c1ccccc1. The molecular weight excluding hydrogens is 520 g/mol. The average Bonchev–Trinajstić information content (AvgIpc) is 2.89. The zero-order valence-electron chi connectivity index (χ0n) is 18.5. The van der Waals surface area contributed by atoms with Gasteiger partial charge in [-0.1, -0.05) is 94.8 Å². The molecule has 1 aliphatic rings. The van der Waals surface area contributed by atoms with Gasteiger partial charge in [-0.2, -0.15) is 0 Å². The van der Waals surface area contributed by atoms with Crippen LogP contribution in [0.25, 0.3) is 5.57 Å². The highest BCUT2D eigenvalue weighted by Gasteiger charge is 2.43. The molecule has 1 fully saturated rings. The topological polar surface area (TPSA) is 40.6 Å². The molecule has 1 aliphatic heterocycles. The van der Waals surface area contributed by atoms with Crippen LogP contribution in [-0.2, 0) is 9.59 Å². The van der Waals surface area contributed by atoms with Crippen molar-refractivity contribution in [3.05, 3.63) is 136 Å². The van der Waals surface area contributed by atoms with E-state index in [1.165, 1.54) is 9.80 Å². The first-order valence-corrected chi connectivity index (χ1v) is 12.1. The molecule has 1 saturated heterocycles. The maximum absolute atomic E-state index is 14.1. The van der Waals surface area contributed by atoms with Crippen molar-refractivity contribution in [2.45, 2.75) is 0 Å². The van der Waals surface area contributed by atoms with Gasteiger partial charge < -0.3 is 0 Å². The minimum atomic E-state index is -0.458. The summed E-state index contributed by atoms with van der Waals surface area (Å²) in [5.74, 6) is -0.916. The minimum absolute atomic E-state index is 0.0554. The van der Waals surface area contributed by atoms with E-state index in [9.17, 15) is 9.59 Å². The number of thiocarbonyl (C=S) groups is 1. The Bertz CT molecular complexity index is 1370. The highest BCUT2D eigenvalue weighted by Crippen LogP contribution is 2.35. The Hall–Kier alpha value is -3.87. The molecule has 4 nitrogen and oxygen atoms in total. The predicted molar refractivity (Wildman–Crippen MR) is 147 cm³/mol. The molecule has 0 aliphatic carbocycles. The molecule has 0 saturated carbocycles. The summed E-state index contributed by atoms with van der Waals surface area (Å²) in [6.07, 6.45) is 0. The molecule has 6 heteroatoms. The normalized spacial score (nSPS) is 13.9. The maximum Gasteiger partial charge on any atom is 0.270 e. The average molecular weight is 539 g/mol. The minimum Gasteiger partial charge on any atom is -0.268 e. The number of halogens is 1. The van der Waals surface area contributed by atoms with Gasteiger partial charge in [0.05, 0.1) is 11.4 Å². The van der Waals surface area contributed by atoms with Crippen LogP contribution in [0, 0.1) is 0 Å². The van der Waals surface area contributed by atoms with Crippen molar-refractivity contribution in [1.29, 1.82) is 0 Å². The van der Waals surface area contributed by atoms with Gasteiger partial charge in [0.15, 0.2) is 5.11 Å². The van der Waals surface area contributed by atoms with E-state index in [0.29, 0.717) is 16.9 Å². The van der Waals surface area contributed by atoms with Crippen LogP contribution in [0.5, 0.6) is 0 Å².